The van der Waals surface area contributed by atoms with Gasteiger partial charge in [0.2, 0.25) is 0 Å². The van der Waals surface area contributed by atoms with Crippen molar-refractivity contribution in [3.05, 3.63) is 0 Å². The molecule has 2 spiro atoms. The van der Waals surface area contributed by atoms with Crippen molar-refractivity contribution in [1.29, 1.82) is 0 Å². The van der Waals surface area contributed by atoms with Crippen LogP contribution >= 0.6 is 0 Å². The van der Waals surface area contributed by atoms with Crippen LogP contribution in [0.25, 0.3) is 0 Å². The molecular weight excluding hydrogens is 304 g/mol. The SMILES string of the molecule is O=C1CCCC2(CCCCC2)O1.O=C1CCCC2(CCCCC2)O1. The van der Waals surface area contributed by atoms with Crippen molar-refractivity contribution < 1.29 is 19.1 Å². The molecule has 0 bridgehead atoms. The maximum atomic E-state index is 11.1. The third kappa shape index (κ3) is 4.52. The van der Waals surface area contributed by atoms with Crippen LogP contribution in [0.3, 0.4) is 0 Å². The van der Waals surface area contributed by atoms with Crippen LogP contribution in [0.5, 0.6) is 0 Å². The molecule has 0 radical (unpaired) electrons. The number of carbonyl (C=O) groups excluding carboxylic acids is 2. The second-order valence-corrected chi connectivity index (χ2v) is 8.14. The summed E-state index contributed by atoms with van der Waals surface area (Å²) in [7, 11) is 0. The summed E-state index contributed by atoms with van der Waals surface area (Å²) in [6.45, 7) is 0. The van der Waals surface area contributed by atoms with Gasteiger partial charge in [0.1, 0.15) is 11.2 Å². The van der Waals surface area contributed by atoms with E-state index in [2.05, 4.69) is 0 Å². The van der Waals surface area contributed by atoms with E-state index in [0.29, 0.717) is 12.8 Å². The normalized spacial score (nSPS) is 28.5. The van der Waals surface area contributed by atoms with E-state index in [-0.39, 0.29) is 23.1 Å². The van der Waals surface area contributed by atoms with Crippen LogP contribution in [0.1, 0.15) is 103 Å². The third-order valence-electron chi connectivity index (χ3n) is 6.22. The van der Waals surface area contributed by atoms with Crippen molar-refractivity contribution in [3.63, 3.8) is 0 Å². The highest BCUT2D eigenvalue weighted by Crippen LogP contribution is 2.39. The highest BCUT2D eigenvalue weighted by molar-refractivity contribution is 5.71. The van der Waals surface area contributed by atoms with E-state index in [1.807, 2.05) is 0 Å². The Labute approximate surface area is 145 Å². The molecular formula is C20H32O4. The molecule has 4 nitrogen and oxygen atoms in total. The number of carbonyl (C=O) groups is 2. The lowest BCUT2D eigenvalue weighted by molar-refractivity contribution is -0.172. The Bertz CT molecular complexity index is 392. The lowest BCUT2D eigenvalue weighted by atomic mass is 9.80. The molecule has 4 fully saturated rings. The van der Waals surface area contributed by atoms with Gasteiger partial charge in [-0.15, -0.1) is 0 Å². The molecule has 24 heavy (non-hydrogen) atoms. The van der Waals surface area contributed by atoms with Crippen LogP contribution in [0.15, 0.2) is 0 Å². The number of ether oxygens (including phenoxy) is 2. The molecule has 2 saturated carbocycles. The van der Waals surface area contributed by atoms with E-state index in [4.69, 9.17) is 9.47 Å². The summed E-state index contributed by atoms with van der Waals surface area (Å²) >= 11 is 0. The van der Waals surface area contributed by atoms with E-state index in [1.165, 1.54) is 38.5 Å². The number of hydrogen-bond acceptors (Lipinski definition) is 4. The van der Waals surface area contributed by atoms with Crippen LogP contribution in [0, 0.1) is 0 Å². The van der Waals surface area contributed by atoms with Crippen LogP contribution in [0.4, 0.5) is 0 Å². The molecule has 4 heteroatoms. The van der Waals surface area contributed by atoms with Crippen LogP contribution in [-0.4, -0.2) is 23.1 Å². The van der Waals surface area contributed by atoms with E-state index in [9.17, 15) is 9.59 Å². The molecule has 0 N–H and O–H groups in total. The van der Waals surface area contributed by atoms with Crippen LogP contribution in [0.2, 0.25) is 0 Å². The lowest BCUT2D eigenvalue weighted by Gasteiger charge is -2.39. The fraction of sp³-hybridized carbons (Fsp3) is 0.900. The molecule has 4 aliphatic rings. The van der Waals surface area contributed by atoms with Crippen molar-refractivity contribution in [1.82, 2.24) is 0 Å². The maximum Gasteiger partial charge on any atom is 0.306 e. The van der Waals surface area contributed by atoms with Gasteiger partial charge in [-0.3, -0.25) is 9.59 Å². The van der Waals surface area contributed by atoms with Gasteiger partial charge < -0.3 is 9.47 Å². The third-order valence-corrected chi connectivity index (χ3v) is 6.22. The number of hydrogen-bond donors (Lipinski definition) is 0. The van der Waals surface area contributed by atoms with Crippen molar-refractivity contribution in [2.24, 2.45) is 0 Å². The van der Waals surface area contributed by atoms with E-state index in [0.717, 1.165) is 51.4 Å². The van der Waals surface area contributed by atoms with E-state index in [1.54, 1.807) is 0 Å². The number of esters is 2. The summed E-state index contributed by atoms with van der Waals surface area (Å²) in [5, 5.41) is 0. The number of rotatable bonds is 0. The van der Waals surface area contributed by atoms with Crippen LogP contribution < -0.4 is 0 Å². The summed E-state index contributed by atoms with van der Waals surface area (Å²) in [6.07, 6.45) is 17.6. The molecule has 0 atom stereocenters. The monoisotopic (exact) mass is 336 g/mol. The summed E-state index contributed by atoms with van der Waals surface area (Å²) in [5.41, 5.74) is -0.0405. The van der Waals surface area contributed by atoms with E-state index < -0.39 is 0 Å². The lowest BCUT2D eigenvalue weighted by Crippen LogP contribution is -2.40. The van der Waals surface area contributed by atoms with Gasteiger partial charge in [0.15, 0.2) is 0 Å². The standard InChI is InChI=1S/2C10H16O2/c2*11-9-5-4-8-10(12-9)6-2-1-3-7-10/h2*1-8H2. The molecule has 2 saturated heterocycles. The zero-order chi connectivity index (χ0) is 16.9. The van der Waals surface area contributed by atoms with Gasteiger partial charge in [-0.2, -0.15) is 0 Å². The minimum absolute atomic E-state index is 0.0203. The van der Waals surface area contributed by atoms with Gasteiger partial charge in [-0.1, -0.05) is 12.8 Å². The predicted octanol–water partition coefficient (Wildman–Crippen LogP) is 4.83. The molecule has 136 valence electrons. The molecule has 0 aromatic carbocycles. The molecule has 2 aliphatic heterocycles. The van der Waals surface area contributed by atoms with Gasteiger partial charge >= 0.3 is 11.9 Å². The minimum atomic E-state index is -0.0203. The van der Waals surface area contributed by atoms with Gasteiger partial charge in [0.05, 0.1) is 0 Å². The fourth-order valence-electron chi connectivity index (χ4n) is 4.89. The summed E-state index contributed by atoms with van der Waals surface area (Å²) in [4.78, 5) is 22.2. The topological polar surface area (TPSA) is 52.6 Å². The average molecular weight is 336 g/mol. The van der Waals surface area contributed by atoms with Crippen molar-refractivity contribution in [2.45, 2.75) is 114 Å². The molecule has 4 rings (SSSR count). The first kappa shape index (κ1) is 17.8. The predicted molar refractivity (Wildman–Crippen MR) is 91.5 cm³/mol. The highest BCUT2D eigenvalue weighted by Gasteiger charge is 2.39. The Morgan fingerprint density at radius 2 is 0.833 bits per heavy atom. The largest absolute Gasteiger partial charge is 0.459 e. The Hall–Kier alpha value is -1.06. The minimum Gasteiger partial charge on any atom is -0.459 e. The Morgan fingerprint density at radius 3 is 1.17 bits per heavy atom. The van der Waals surface area contributed by atoms with Crippen molar-refractivity contribution in [3.8, 4) is 0 Å². The summed E-state index contributed by atoms with van der Waals surface area (Å²) in [5.74, 6) is 0.0614. The zero-order valence-electron chi connectivity index (χ0n) is 14.9. The van der Waals surface area contributed by atoms with Gasteiger partial charge in [-0.25, -0.2) is 0 Å². The van der Waals surface area contributed by atoms with Gasteiger partial charge in [0.25, 0.3) is 0 Å². The Kier molecular flexibility index (Phi) is 5.83. The first-order valence-electron chi connectivity index (χ1n) is 10.1. The second-order valence-electron chi connectivity index (χ2n) is 8.14. The first-order chi connectivity index (χ1) is 11.6. The van der Waals surface area contributed by atoms with Gasteiger partial charge in [-0.05, 0) is 77.0 Å². The van der Waals surface area contributed by atoms with Crippen molar-refractivity contribution >= 4 is 11.9 Å². The summed E-state index contributed by atoms with van der Waals surface area (Å²) in [6, 6.07) is 0. The molecule has 2 heterocycles. The average Bonchev–Trinajstić information content (AvgIpc) is 2.56. The Balaban J connectivity index is 0.000000141. The molecule has 0 unspecified atom stereocenters. The zero-order valence-corrected chi connectivity index (χ0v) is 14.9. The Morgan fingerprint density at radius 1 is 0.500 bits per heavy atom. The molecule has 0 aromatic rings. The van der Waals surface area contributed by atoms with E-state index >= 15 is 0 Å². The van der Waals surface area contributed by atoms with Gasteiger partial charge in [0, 0.05) is 12.8 Å². The molecule has 0 aromatic heterocycles. The quantitative estimate of drug-likeness (QED) is 0.594. The summed E-state index contributed by atoms with van der Waals surface area (Å²) < 4.78 is 11.0. The molecule has 0 amide bonds. The smallest absolute Gasteiger partial charge is 0.306 e. The van der Waals surface area contributed by atoms with Crippen molar-refractivity contribution in [2.75, 3.05) is 0 Å². The second kappa shape index (κ2) is 7.88. The highest BCUT2D eigenvalue weighted by atomic mass is 16.6. The molecule has 2 aliphatic carbocycles. The van der Waals surface area contributed by atoms with Crippen LogP contribution in [-0.2, 0) is 19.1 Å². The fourth-order valence-corrected chi connectivity index (χ4v) is 4.89. The maximum absolute atomic E-state index is 11.1. The first-order valence-corrected chi connectivity index (χ1v) is 10.1.